The lowest BCUT2D eigenvalue weighted by Gasteiger charge is -1.98. The number of furan rings is 1. The van der Waals surface area contributed by atoms with E-state index in [0.717, 1.165) is 0 Å². The molecule has 0 radical (unpaired) electrons. The maximum Gasteiger partial charge on any atom is 0.280 e. The smallest absolute Gasteiger partial charge is 0.280 e. The van der Waals surface area contributed by atoms with E-state index in [4.69, 9.17) is 4.42 Å². The average molecular weight is 334 g/mol. The van der Waals surface area contributed by atoms with Gasteiger partial charge >= 0.3 is 0 Å². The molecule has 0 aliphatic carbocycles. The first-order valence-corrected chi connectivity index (χ1v) is 7.53. The van der Waals surface area contributed by atoms with Crippen LogP contribution < -0.4 is 0 Å². The number of hydrogen-bond acceptors (Lipinski definition) is 5. The van der Waals surface area contributed by atoms with Crippen LogP contribution in [0.1, 0.15) is 23.0 Å². The zero-order valence-corrected chi connectivity index (χ0v) is 13.4. The Labute approximate surface area is 143 Å². The number of para-hydroxylation sites is 1. The third kappa shape index (κ3) is 3.69. The van der Waals surface area contributed by atoms with Gasteiger partial charge in [0.05, 0.1) is 22.4 Å². The SMILES string of the molecule is CC(=O)c1ccc(N=Cc2ccc(-c3ccccc3[N+](=O)[O-])o2)cc1. The van der Waals surface area contributed by atoms with E-state index in [0.29, 0.717) is 28.3 Å². The average Bonchev–Trinajstić information content (AvgIpc) is 3.09. The van der Waals surface area contributed by atoms with Crippen molar-refractivity contribution in [2.45, 2.75) is 6.92 Å². The lowest BCUT2D eigenvalue weighted by molar-refractivity contribution is -0.384. The van der Waals surface area contributed by atoms with E-state index in [9.17, 15) is 14.9 Å². The first-order chi connectivity index (χ1) is 12.0. The van der Waals surface area contributed by atoms with E-state index in [-0.39, 0.29) is 11.5 Å². The molecule has 1 aromatic heterocycles. The van der Waals surface area contributed by atoms with Crippen LogP contribution in [-0.4, -0.2) is 16.9 Å². The summed E-state index contributed by atoms with van der Waals surface area (Å²) in [6.07, 6.45) is 1.53. The predicted octanol–water partition coefficient (Wildman–Crippen LogP) is 4.81. The van der Waals surface area contributed by atoms with Gasteiger partial charge in [-0.15, -0.1) is 0 Å². The first kappa shape index (κ1) is 16.3. The number of benzene rings is 2. The third-order valence-corrected chi connectivity index (χ3v) is 3.61. The van der Waals surface area contributed by atoms with Crippen molar-refractivity contribution in [3.63, 3.8) is 0 Å². The molecule has 1 heterocycles. The second kappa shape index (κ2) is 6.92. The topological polar surface area (TPSA) is 85.7 Å². The van der Waals surface area contributed by atoms with Gasteiger partial charge in [0, 0.05) is 11.6 Å². The Morgan fingerprint density at radius 1 is 1.08 bits per heavy atom. The standard InChI is InChI=1S/C19H14N2O4/c1-13(22)14-6-8-15(9-7-14)20-12-16-10-11-19(25-16)17-4-2-3-5-18(17)21(23)24/h2-12H,1H3. The number of nitrogens with zero attached hydrogens (tertiary/aromatic N) is 2. The largest absolute Gasteiger partial charge is 0.455 e. The highest BCUT2D eigenvalue weighted by atomic mass is 16.6. The van der Waals surface area contributed by atoms with Gasteiger partial charge in [0.25, 0.3) is 5.69 Å². The van der Waals surface area contributed by atoms with E-state index >= 15 is 0 Å². The van der Waals surface area contributed by atoms with Crippen molar-refractivity contribution < 1.29 is 14.1 Å². The highest BCUT2D eigenvalue weighted by molar-refractivity contribution is 5.94. The van der Waals surface area contributed by atoms with E-state index in [1.54, 1.807) is 54.6 Å². The second-order valence-electron chi connectivity index (χ2n) is 5.34. The summed E-state index contributed by atoms with van der Waals surface area (Å²) in [6, 6.07) is 16.6. The fourth-order valence-electron chi connectivity index (χ4n) is 2.33. The molecule has 0 aliphatic rings. The van der Waals surface area contributed by atoms with Crippen LogP contribution in [0.3, 0.4) is 0 Å². The molecule has 25 heavy (non-hydrogen) atoms. The molecule has 0 amide bonds. The van der Waals surface area contributed by atoms with Crippen molar-refractivity contribution in [3.8, 4) is 11.3 Å². The van der Waals surface area contributed by atoms with Crippen LogP contribution in [0.5, 0.6) is 0 Å². The van der Waals surface area contributed by atoms with Gasteiger partial charge < -0.3 is 4.42 Å². The minimum atomic E-state index is -0.442. The minimum absolute atomic E-state index is 0.00402. The van der Waals surface area contributed by atoms with Gasteiger partial charge in [-0.05, 0) is 49.4 Å². The molecule has 0 unspecified atom stereocenters. The molecule has 124 valence electrons. The predicted molar refractivity (Wildman–Crippen MR) is 94.5 cm³/mol. The van der Waals surface area contributed by atoms with E-state index in [1.807, 2.05) is 0 Å². The van der Waals surface area contributed by atoms with Gasteiger partial charge in [-0.1, -0.05) is 12.1 Å². The minimum Gasteiger partial charge on any atom is -0.455 e. The maximum atomic E-state index is 11.2. The maximum absolute atomic E-state index is 11.2. The van der Waals surface area contributed by atoms with E-state index < -0.39 is 4.92 Å². The summed E-state index contributed by atoms with van der Waals surface area (Å²) >= 11 is 0. The van der Waals surface area contributed by atoms with Gasteiger partial charge in [-0.25, -0.2) is 0 Å². The fourth-order valence-corrected chi connectivity index (χ4v) is 2.33. The van der Waals surface area contributed by atoms with Crippen LogP contribution in [0.15, 0.2) is 70.1 Å². The van der Waals surface area contributed by atoms with Gasteiger partial charge in [-0.2, -0.15) is 0 Å². The summed E-state index contributed by atoms with van der Waals surface area (Å²) in [5, 5.41) is 11.1. The molecule has 2 aromatic carbocycles. The molecule has 3 rings (SSSR count). The van der Waals surface area contributed by atoms with Crippen LogP contribution in [0.25, 0.3) is 11.3 Å². The number of nitro benzene ring substituents is 1. The highest BCUT2D eigenvalue weighted by Crippen LogP contribution is 2.30. The zero-order valence-electron chi connectivity index (χ0n) is 13.4. The molecule has 0 atom stereocenters. The summed E-state index contributed by atoms with van der Waals surface area (Å²) in [5.74, 6) is 0.875. The van der Waals surface area contributed by atoms with Crippen LogP contribution in [0.2, 0.25) is 0 Å². The molecular formula is C19H14N2O4. The summed E-state index contributed by atoms with van der Waals surface area (Å²) in [4.78, 5) is 26.2. The van der Waals surface area contributed by atoms with E-state index in [1.165, 1.54) is 19.2 Å². The van der Waals surface area contributed by atoms with Crippen molar-refractivity contribution in [1.29, 1.82) is 0 Å². The molecule has 0 spiro atoms. The number of carbonyl (C=O) groups is 1. The Morgan fingerprint density at radius 2 is 1.80 bits per heavy atom. The number of rotatable bonds is 5. The third-order valence-electron chi connectivity index (χ3n) is 3.61. The van der Waals surface area contributed by atoms with Gasteiger partial charge in [-0.3, -0.25) is 19.9 Å². The number of hydrogen-bond donors (Lipinski definition) is 0. The van der Waals surface area contributed by atoms with Crippen LogP contribution in [-0.2, 0) is 0 Å². The van der Waals surface area contributed by atoms with E-state index in [2.05, 4.69) is 4.99 Å². The summed E-state index contributed by atoms with van der Waals surface area (Å²) in [7, 11) is 0. The van der Waals surface area contributed by atoms with Gasteiger partial charge in [0.2, 0.25) is 0 Å². The van der Waals surface area contributed by atoms with Crippen LogP contribution in [0, 0.1) is 10.1 Å². The number of carbonyl (C=O) groups excluding carboxylic acids is 1. The molecule has 0 bridgehead atoms. The summed E-state index contributed by atoms with van der Waals surface area (Å²) < 4.78 is 5.64. The highest BCUT2D eigenvalue weighted by Gasteiger charge is 2.16. The molecule has 0 N–H and O–H groups in total. The Kier molecular flexibility index (Phi) is 4.52. The lowest BCUT2D eigenvalue weighted by Crippen LogP contribution is -1.90. The number of aliphatic imine (C=N–C) groups is 1. The van der Waals surface area contributed by atoms with Gasteiger partial charge in [0.1, 0.15) is 11.5 Å². The number of nitro groups is 1. The number of ketones is 1. The molecule has 0 saturated heterocycles. The first-order valence-electron chi connectivity index (χ1n) is 7.53. The van der Waals surface area contributed by atoms with Crippen LogP contribution in [0.4, 0.5) is 11.4 Å². The molecular weight excluding hydrogens is 320 g/mol. The summed E-state index contributed by atoms with van der Waals surface area (Å²) in [6.45, 7) is 1.51. The lowest BCUT2D eigenvalue weighted by atomic mass is 10.1. The summed E-state index contributed by atoms with van der Waals surface area (Å²) in [5.41, 5.74) is 1.70. The Bertz CT molecular complexity index is 956. The molecule has 0 saturated carbocycles. The molecule has 3 aromatic rings. The molecule has 0 aliphatic heterocycles. The van der Waals surface area contributed by atoms with Crippen molar-refractivity contribution in [3.05, 3.63) is 82.1 Å². The monoisotopic (exact) mass is 334 g/mol. The Morgan fingerprint density at radius 3 is 2.48 bits per heavy atom. The van der Waals surface area contributed by atoms with Crippen molar-refractivity contribution in [1.82, 2.24) is 0 Å². The molecule has 6 nitrogen and oxygen atoms in total. The zero-order chi connectivity index (χ0) is 17.8. The quantitative estimate of drug-likeness (QED) is 0.290. The second-order valence-corrected chi connectivity index (χ2v) is 5.34. The molecule has 6 heteroatoms. The van der Waals surface area contributed by atoms with Gasteiger partial charge in [0.15, 0.2) is 5.78 Å². The number of Topliss-reactive ketones (excluding diaryl/α,β-unsaturated/α-hetero) is 1. The van der Waals surface area contributed by atoms with Crippen molar-refractivity contribution in [2.24, 2.45) is 4.99 Å². The molecule has 0 fully saturated rings. The van der Waals surface area contributed by atoms with Crippen LogP contribution >= 0.6 is 0 Å². The Balaban J connectivity index is 1.82. The van der Waals surface area contributed by atoms with Crippen molar-refractivity contribution >= 4 is 23.4 Å². The Hall–Kier alpha value is -3.54. The normalized spacial score (nSPS) is 10.9. The van der Waals surface area contributed by atoms with Crippen molar-refractivity contribution in [2.75, 3.05) is 0 Å². The fraction of sp³-hybridized carbons (Fsp3) is 0.0526.